The topological polar surface area (TPSA) is 329 Å². The number of carboxylic acid groups (broad SMARTS) is 1. The number of hydrogen-bond donors (Lipinski definition) is 4. The number of nitrogens with zero attached hydrogens (tertiary/aromatic N) is 2. The molecule has 0 bridgehead atoms. The van der Waals surface area contributed by atoms with Gasteiger partial charge in [0.15, 0.2) is 0 Å². The predicted octanol–water partition coefficient (Wildman–Crippen LogP) is 11.3. The van der Waals surface area contributed by atoms with Crippen LogP contribution in [0.2, 0.25) is 0 Å². The molecule has 6 aliphatic rings. The number of ether oxygens (including phenoxy) is 6. The summed E-state index contributed by atoms with van der Waals surface area (Å²) in [5.74, 6) is -0.804. The van der Waals surface area contributed by atoms with Gasteiger partial charge in [0.2, 0.25) is 0 Å². The number of aliphatic hydroxyl groups is 2. The number of benzene rings is 2. The van der Waals surface area contributed by atoms with Crippen LogP contribution in [-0.2, 0) is 81.3 Å². The Kier molecular flexibility index (Phi) is 59.3. The Hall–Kier alpha value is 8.92. The number of nitro groups is 2. The largest absolute Gasteiger partial charge is 2.00 e. The Morgan fingerprint density at radius 3 is 1.27 bits per heavy atom. The maximum atomic E-state index is 13.5. The maximum Gasteiger partial charge on any atom is 2.00 e. The molecule has 2 aromatic carbocycles. The standard InChI is InChI=1S/C18H24NO7PS2.C16H20NO9PS2.C12H21O5PS.C2HCl3O2.6Ba.6H/c1-3-16-17(9-11-23-16)26-27(22,25-12-18-13(2)8-10-24-18)29-28-15-6-4-14(5-7-15)19(20)21;18-9-15-14(6-8-23-15)26-27(22,25-10-16-13(19)5-7-24-16)29-28-12-3-1-11(2-4-12)17(20)21;1-3-10-11(5-7-14-10)17-18(13,19)16-8-12-9(2)4-6-15-12;3-2(4,5)1(6)7;;;;;;;;;;;;/h4-7,10-11,13,16-18H,3,8-9,12H2,1-2H3;1-4,7-8,13-16,18-19H,5-6,9-10H2;6-7,9-12H,3-5,8H2,1-2H3,(H,13,19);(H,6,7);;;;;;;;;;;;/q3*-2;;6*+2;6*-1/t13?,16-,17?,18-,27+;13?,14?,15-,16-,27+;9?,10-,11?,12-,18?;;;;;;;;;;;;;/m111............./s1. The Balaban J connectivity index is -0.000000184. The van der Waals surface area contributed by atoms with E-state index in [1.54, 1.807) is 38.6 Å². The van der Waals surface area contributed by atoms with E-state index in [4.69, 9.17) is 107 Å². The van der Waals surface area contributed by atoms with Crippen molar-refractivity contribution >= 4 is 420 Å². The molecule has 90 heavy (non-hydrogen) atoms. The van der Waals surface area contributed by atoms with Crippen molar-refractivity contribution in [1.82, 2.24) is 0 Å². The van der Waals surface area contributed by atoms with Crippen LogP contribution in [0.5, 0.6) is 0 Å². The van der Waals surface area contributed by atoms with E-state index >= 15 is 0 Å². The van der Waals surface area contributed by atoms with Crippen molar-refractivity contribution in [2.45, 2.75) is 154 Å². The Labute approximate surface area is 811 Å². The number of carbonyl (C=O) groups is 1. The molecule has 0 aliphatic carbocycles. The van der Waals surface area contributed by atoms with Gasteiger partial charge in [-0.1, -0.05) is 62.5 Å². The summed E-state index contributed by atoms with van der Waals surface area (Å²) in [5, 5.41) is 48.6. The summed E-state index contributed by atoms with van der Waals surface area (Å²) in [5.41, 5.74) is -0.0498. The van der Waals surface area contributed by atoms with Gasteiger partial charge in [-0.25, -0.2) is 53.6 Å². The van der Waals surface area contributed by atoms with Crippen LogP contribution in [0.25, 0.3) is 0 Å². The molecule has 7 unspecified atom stereocenters. The van der Waals surface area contributed by atoms with Crippen molar-refractivity contribution in [3.8, 4) is 0 Å². The second kappa shape index (κ2) is 52.9. The first kappa shape index (κ1) is 101. The Morgan fingerprint density at radius 1 is 0.611 bits per heavy atom. The number of non-ortho nitro benzene ring substituents is 2. The molecule has 0 radical (unpaired) electrons. The number of carboxylic acids is 1. The first-order chi connectivity index (χ1) is 39.8. The number of alkyl halides is 3. The quantitative estimate of drug-likeness (QED) is 0.0129. The van der Waals surface area contributed by atoms with Crippen LogP contribution in [0.15, 0.2) is 58.3 Å². The predicted molar refractivity (Wildman–Crippen MR) is 361 cm³/mol. The fraction of sp³-hybridized carbons (Fsp3) is 0.604. The average molecular weight is 2230 g/mol. The van der Waals surface area contributed by atoms with Gasteiger partial charge in [0, 0.05) is 79.3 Å². The third-order valence-electron chi connectivity index (χ3n) is 12.6. The van der Waals surface area contributed by atoms with E-state index < -0.39 is 64.3 Å². The third kappa shape index (κ3) is 37.6. The second-order valence-corrected chi connectivity index (χ2v) is 35.4. The van der Waals surface area contributed by atoms with Crippen LogP contribution in [0.3, 0.4) is 0 Å². The van der Waals surface area contributed by atoms with E-state index in [0.29, 0.717) is 41.4 Å². The molecular formula is C48H72Ba6Cl3N2O23P3S5. The fourth-order valence-corrected chi connectivity index (χ4v) is 19.9. The van der Waals surface area contributed by atoms with E-state index in [-0.39, 0.29) is 382 Å². The first-order valence-corrected chi connectivity index (χ1v) is 38.2. The SMILES string of the molecule is CC[C@H]1O[CH-]CC1OP(O)(=S)OC[C@H]1O[CH-]CC1C.CC[C@H]1O[CH-]CC1O[P@](=O)(OC[C@H]1O[CH-]CC1C)SSc1ccc([N+](=O)[O-])cc1.O=C(O)C(Cl)(Cl)Cl.O=[N+]([O-])c1ccc(SS[P@@](=O)(OC[C@H]2O[CH-]CC2O)OC2C[CH-]O[C@@H]2CO)cc1.[Ba+2].[Ba+2].[Ba+2].[Ba+2].[Ba+2].[Ba+2].[H-].[H-].[H-].[H-].[H-].[H-]. The Morgan fingerprint density at radius 2 is 0.933 bits per heavy atom. The average Bonchev–Trinajstić information content (AvgIpc) is 1.80. The molecule has 0 saturated carbocycles. The van der Waals surface area contributed by atoms with Crippen LogP contribution in [0, 0.1) is 71.7 Å². The molecule has 6 saturated heterocycles. The van der Waals surface area contributed by atoms with Crippen molar-refractivity contribution in [3.05, 3.63) is 108 Å². The van der Waals surface area contributed by atoms with Gasteiger partial charge in [-0.2, -0.15) is 12.8 Å². The molecular weight excluding hydrogens is 2160 g/mol. The molecule has 2 aromatic rings. The number of aliphatic hydroxyl groups excluding tert-OH is 2. The number of rotatable bonds is 26. The fourth-order valence-electron chi connectivity index (χ4n) is 7.66. The summed E-state index contributed by atoms with van der Waals surface area (Å²) in [7, 11) is 4.12. The van der Waals surface area contributed by atoms with Crippen molar-refractivity contribution in [1.29, 1.82) is 0 Å². The minimum Gasteiger partial charge on any atom is -1.00 e. The van der Waals surface area contributed by atoms with Gasteiger partial charge in [-0.15, -0.1) is 25.7 Å². The van der Waals surface area contributed by atoms with E-state index in [0.717, 1.165) is 57.3 Å². The van der Waals surface area contributed by atoms with Crippen LogP contribution in [0.4, 0.5) is 11.4 Å². The van der Waals surface area contributed by atoms with E-state index in [2.05, 4.69) is 13.8 Å². The van der Waals surface area contributed by atoms with Gasteiger partial charge in [0.25, 0.3) is 15.2 Å². The summed E-state index contributed by atoms with van der Waals surface area (Å²) >= 11 is 19.4. The zero-order valence-corrected chi connectivity index (χ0v) is 85.4. The minimum absolute atomic E-state index is 0. The van der Waals surface area contributed by atoms with Crippen molar-refractivity contribution in [3.63, 3.8) is 0 Å². The normalized spacial score (nSPS) is 27.7. The summed E-state index contributed by atoms with van der Waals surface area (Å²) < 4.78 is 90.8. The van der Waals surface area contributed by atoms with Gasteiger partial charge in [0.1, 0.15) is 0 Å². The van der Waals surface area contributed by atoms with Gasteiger partial charge in [-0.3, -0.25) is 38.3 Å². The number of nitro benzene ring substituents is 2. The van der Waals surface area contributed by atoms with Gasteiger partial charge in [-0.05, 0) is 82.3 Å². The number of halogens is 3. The minimum atomic E-state index is -3.76. The zero-order valence-electron chi connectivity index (χ0n) is 55.7. The van der Waals surface area contributed by atoms with Crippen LogP contribution in [0.1, 0.15) is 87.6 Å². The first-order valence-electron chi connectivity index (χ1n) is 25.9. The number of hydrogen-bond acceptors (Lipinski definition) is 26. The maximum absolute atomic E-state index is 13.5. The van der Waals surface area contributed by atoms with Crippen LogP contribution >= 0.6 is 97.5 Å². The van der Waals surface area contributed by atoms with Crippen LogP contribution < -0.4 is 0 Å². The summed E-state index contributed by atoms with van der Waals surface area (Å²) in [4.78, 5) is 41.6. The van der Waals surface area contributed by atoms with E-state index in [1.807, 2.05) is 13.8 Å². The summed E-state index contributed by atoms with van der Waals surface area (Å²) in [6.45, 7) is 7.38. The van der Waals surface area contributed by atoms with E-state index in [1.165, 1.54) is 60.4 Å². The monoisotopic (exact) mass is 2230 g/mol. The Bertz CT molecular complexity index is 2450. The van der Waals surface area contributed by atoms with Crippen molar-refractivity contribution in [2.75, 3.05) is 26.4 Å². The molecule has 0 spiro atoms. The molecule has 6 aliphatic heterocycles. The third-order valence-corrected chi connectivity index (χ3v) is 26.6. The van der Waals surface area contributed by atoms with Gasteiger partial charge in [0.05, 0.1) is 72.9 Å². The van der Waals surface area contributed by atoms with Gasteiger partial charge < -0.3 is 66.2 Å². The molecule has 8 rings (SSSR count). The second-order valence-electron chi connectivity index (χ2n) is 18.8. The van der Waals surface area contributed by atoms with E-state index in [9.17, 15) is 49.3 Å². The molecule has 0 amide bonds. The molecule has 4 N–H and O–H groups in total. The summed E-state index contributed by atoms with van der Waals surface area (Å²) in [6, 6.07) is 11.8. The molecule has 15 atom stereocenters. The molecule has 6 heterocycles. The molecule has 490 valence electrons. The molecule has 6 fully saturated rings. The van der Waals surface area contributed by atoms with Crippen molar-refractivity contribution in [2.24, 2.45) is 11.8 Å². The molecule has 42 heteroatoms. The smallest absolute Gasteiger partial charge is 1.00 e. The van der Waals surface area contributed by atoms with Crippen molar-refractivity contribution < 1.29 is 108 Å². The number of aliphatic carboxylic acids is 1. The zero-order chi connectivity index (χ0) is 61.7. The molecule has 25 nitrogen and oxygen atoms in total. The van der Waals surface area contributed by atoms with Gasteiger partial charge >= 0.3 is 320 Å². The summed E-state index contributed by atoms with van der Waals surface area (Å²) in [6.07, 6.45) is 1.42. The van der Waals surface area contributed by atoms with Crippen LogP contribution in [-0.4, -0.2) is 421 Å². The molecule has 0 aromatic heterocycles.